The highest BCUT2D eigenvalue weighted by atomic mass is 35.5. The van der Waals surface area contributed by atoms with Gasteiger partial charge in [0.25, 0.3) is 0 Å². The largest absolute Gasteiger partial charge is 0.329 e. The number of benzene rings is 1. The number of hydrogen-bond donors (Lipinski definition) is 2. The molecule has 0 saturated carbocycles. The van der Waals surface area contributed by atoms with Crippen LogP contribution in [0.5, 0.6) is 0 Å². The van der Waals surface area contributed by atoms with Gasteiger partial charge in [0.05, 0.1) is 11.0 Å². The SMILES string of the molecule is Cl.NCCn1c(=O)c(=O)[nH]c2ccccc21. The van der Waals surface area contributed by atoms with E-state index >= 15 is 0 Å². The first-order valence-electron chi connectivity index (χ1n) is 4.66. The van der Waals surface area contributed by atoms with Crippen molar-refractivity contribution >= 4 is 23.4 Å². The number of nitrogens with one attached hydrogen (secondary N) is 1. The maximum atomic E-state index is 11.5. The maximum absolute atomic E-state index is 11.5. The molecule has 0 fully saturated rings. The van der Waals surface area contributed by atoms with Gasteiger partial charge in [-0.3, -0.25) is 9.59 Å². The number of halogens is 1. The van der Waals surface area contributed by atoms with Crippen LogP contribution in [-0.4, -0.2) is 16.1 Å². The molecular weight excluding hydrogens is 230 g/mol. The molecule has 0 amide bonds. The lowest BCUT2D eigenvalue weighted by molar-refractivity contribution is 0.696. The first-order chi connectivity index (χ1) is 7.24. The summed E-state index contributed by atoms with van der Waals surface area (Å²) in [4.78, 5) is 25.4. The Hall–Kier alpha value is -1.59. The summed E-state index contributed by atoms with van der Waals surface area (Å²) in [5.74, 6) is 0. The number of nitrogens with zero attached hydrogens (tertiary/aromatic N) is 1. The molecule has 0 aliphatic carbocycles. The number of nitrogens with two attached hydrogens (primary N) is 1. The van der Waals surface area contributed by atoms with Crippen molar-refractivity contribution in [3.63, 3.8) is 0 Å². The Morgan fingerprint density at radius 2 is 1.94 bits per heavy atom. The molecule has 0 aliphatic heterocycles. The molecule has 0 spiro atoms. The third-order valence-electron chi connectivity index (χ3n) is 2.24. The molecule has 1 aromatic carbocycles. The van der Waals surface area contributed by atoms with E-state index in [0.717, 1.165) is 0 Å². The lowest BCUT2D eigenvalue weighted by Crippen LogP contribution is -2.37. The van der Waals surface area contributed by atoms with Gasteiger partial charge in [-0.2, -0.15) is 0 Å². The van der Waals surface area contributed by atoms with Crippen LogP contribution in [0, 0.1) is 0 Å². The van der Waals surface area contributed by atoms with Crippen molar-refractivity contribution < 1.29 is 0 Å². The Balaban J connectivity index is 0.00000128. The molecule has 3 N–H and O–H groups in total. The van der Waals surface area contributed by atoms with Gasteiger partial charge in [0, 0.05) is 13.1 Å². The zero-order valence-corrected chi connectivity index (χ0v) is 9.29. The van der Waals surface area contributed by atoms with Gasteiger partial charge in [-0.05, 0) is 12.1 Å². The molecule has 0 bridgehead atoms. The van der Waals surface area contributed by atoms with Gasteiger partial charge < -0.3 is 15.3 Å². The fourth-order valence-corrected chi connectivity index (χ4v) is 1.57. The quantitative estimate of drug-likeness (QED) is 0.730. The predicted octanol–water partition coefficient (Wildman–Crippen LogP) is 0.0703. The van der Waals surface area contributed by atoms with Crippen LogP contribution in [-0.2, 0) is 6.54 Å². The number of rotatable bonds is 2. The third kappa shape index (κ3) is 2.00. The normalized spacial score (nSPS) is 10.1. The summed E-state index contributed by atoms with van der Waals surface area (Å²) in [7, 11) is 0. The molecule has 0 aliphatic rings. The molecular formula is C10H12ClN3O2. The predicted molar refractivity (Wildman–Crippen MR) is 65.1 cm³/mol. The van der Waals surface area contributed by atoms with Gasteiger partial charge in [-0.15, -0.1) is 12.4 Å². The zero-order chi connectivity index (χ0) is 10.8. The number of aromatic amines is 1. The van der Waals surface area contributed by atoms with E-state index in [4.69, 9.17) is 5.73 Å². The first kappa shape index (κ1) is 12.5. The Labute approximate surface area is 97.3 Å². The number of para-hydroxylation sites is 2. The Kier molecular flexibility index (Phi) is 3.87. The summed E-state index contributed by atoms with van der Waals surface area (Å²) in [6.07, 6.45) is 0. The highest BCUT2D eigenvalue weighted by Gasteiger charge is 2.05. The topological polar surface area (TPSA) is 80.9 Å². The number of fused-ring (bicyclic) bond motifs is 1. The van der Waals surface area contributed by atoms with E-state index in [1.807, 2.05) is 6.07 Å². The summed E-state index contributed by atoms with van der Waals surface area (Å²) < 4.78 is 1.40. The van der Waals surface area contributed by atoms with E-state index in [9.17, 15) is 9.59 Å². The molecule has 86 valence electrons. The molecule has 2 aromatic rings. The third-order valence-corrected chi connectivity index (χ3v) is 2.24. The van der Waals surface area contributed by atoms with Crippen LogP contribution in [0.4, 0.5) is 0 Å². The molecule has 5 nitrogen and oxygen atoms in total. The van der Waals surface area contributed by atoms with Crippen LogP contribution in [0.15, 0.2) is 33.9 Å². The molecule has 1 aromatic heterocycles. The first-order valence-corrected chi connectivity index (χ1v) is 4.66. The van der Waals surface area contributed by atoms with Crippen LogP contribution in [0.25, 0.3) is 11.0 Å². The lowest BCUT2D eigenvalue weighted by atomic mass is 10.3. The van der Waals surface area contributed by atoms with Crippen LogP contribution in [0.2, 0.25) is 0 Å². The van der Waals surface area contributed by atoms with Crippen molar-refractivity contribution in [3.05, 3.63) is 45.0 Å². The number of aromatic nitrogens is 2. The summed E-state index contributed by atoms with van der Waals surface area (Å²) in [5.41, 5.74) is 5.58. The monoisotopic (exact) mass is 241 g/mol. The van der Waals surface area contributed by atoms with Crippen LogP contribution >= 0.6 is 12.4 Å². The fraction of sp³-hybridized carbons (Fsp3) is 0.200. The lowest BCUT2D eigenvalue weighted by Gasteiger charge is -2.07. The van der Waals surface area contributed by atoms with Gasteiger partial charge in [-0.1, -0.05) is 12.1 Å². The molecule has 6 heteroatoms. The smallest absolute Gasteiger partial charge is 0.316 e. The summed E-state index contributed by atoms with van der Waals surface area (Å²) in [6.45, 7) is 0.677. The van der Waals surface area contributed by atoms with E-state index in [0.29, 0.717) is 24.1 Å². The molecule has 0 atom stereocenters. The van der Waals surface area contributed by atoms with Gasteiger partial charge in [0.1, 0.15) is 0 Å². The van der Waals surface area contributed by atoms with Crippen LogP contribution < -0.4 is 16.9 Å². The molecule has 0 saturated heterocycles. The van der Waals surface area contributed by atoms with E-state index in [2.05, 4.69) is 4.98 Å². The Morgan fingerprint density at radius 3 is 2.62 bits per heavy atom. The van der Waals surface area contributed by atoms with Gasteiger partial charge in [0.2, 0.25) is 0 Å². The summed E-state index contributed by atoms with van der Waals surface area (Å²) in [6, 6.07) is 7.15. The Morgan fingerprint density at radius 1 is 1.25 bits per heavy atom. The molecule has 16 heavy (non-hydrogen) atoms. The highest BCUT2D eigenvalue weighted by Crippen LogP contribution is 2.06. The minimum atomic E-state index is -0.609. The van der Waals surface area contributed by atoms with E-state index in [-0.39, 0.29) is 12.4 Å². The van der Waals surface area contributed by atoms with Gasteiger partial charge >= 0.3 is 11.1 Å². The fourth-order valence-electron chi connectivity index (χ4n) is 1.57. The second-order valence-corrected chi connectivity index (χ2v) is 3.22. The molecule has 2 rings (SSSR count). The number of hydrogen-bond acceptors (Lipinski definition) is 3. The minimum Gasteiger partial charge on any atom is -0.329 e. The van der Waals surface area contributed by atoms with Crippen molar-refractivity contribution in [2.45, 2.75) is 6.54 Å². The molecule has 0 unspecified atom stereocenters. The van der Waals surface area contributed by atoms with E-state index in [1.54, 1.807) is 18.2 Å². The molecule has 1 heterocycles. The van der Waals surface area contributed by atoms with Crippen molar-refractivity contribution in [2.75, 3.05) is 6.54 Å². The summed E-state index contributed by atoms with van der Waals surface area (Å²) >= 11 is 0. The average molecular weight is 242 g/mol. The number of H-pyrrole nitrogens is 1. The minimum absolute atomic E-state index is 0. The van der Waals surface area contributed by atoms with Crippen molar-refractivity contribution in [1.82, 2.24) is 9.55 Å². The second-order valence-electron chi connectivity index (χ2n) is 3.22. The van der Waals surface area contributed by atoms with Crippen LogP contribution in [0.3, 0.4) is 0 Å². The maximum Gasteiger partial charge on any atom is 0.316 e. The van der Waals surface area contributed by atoms with E-state index in [1.165, 1.54) is 4.57 Å². The highest BCUT2D eigenvalue weighted by molar-refractivity contribution is 5.85. The van der Waals surface area contributed by atoms with Crippen molar-refractivity contribution in [2.24, 2.45) is 5.73 Å². The molecule has 0 radical (unpaired) electrons. The average Bonchev–Trinajstić information content (AvgIpc) is 2.25. The van der Waals surface area contributed by atoms with E-state index < -0.39 is 11.1 Å². The van der Waals surface area contributed by atoms with Gasteiger partial charge in [0.15, 0.2) is 0 Å². The van der Waals surface area contributed by atoms with Gasteiger partial charge in [-0.25, -0.2) is 0 Å². The Bertz CT molecular complexity index is 603. The standard InChI is InChI=1S/C10H11N3O2.ClH/c11-5-6-13-8-4-2-1-3-7(8)12-9(14)10(13)15;/h1-4H,5-6,11H2,(H,12,14);1H. The van der Waals surface area contributed by atoms with Crippen LogP contribution in [0.1, 0.15) is 0 Å². The second kappa shape index (κ2) is 4.96. The van der Waals surface area contributed by atoms with Crippen molar-refractivity contribution in [1.29, 1.82) is 0 Å². The zero-order valence-electron chi connectivity index (χ0n) is 8.47. The summed E-state index contributed by atoms with van der Waals surface area (Å²) in [5, 5.41) is 0. The van der Waals surface area contributed by atoms with Crippen molar-refractivity contribution in [3.8, 4) is 0 Å².